The van der Waals surface area contributed by atoms with E-state index in [1.807, 2.05) is 23.8 Å². The molecule has 5 heterocycles. The highest BCUT2D eigenvalue weighted by Crippen LogP contribution is 2.43. The highest BCUT2D eigenvalue weighted by atomic mass is 32.1. The normalized spacial score (nSPS) is 29.2. The van der Waals surface area contributed by atoms with Gasteiger partial charge in [-0.25, -0.2) is 19.9 Å². The molecule has 0 bridgehead atoms. The minimum Gasteiger partial charge on any atom is -0.365 e. The number of hydrogen-bond acceptors (Lipinski definition) is 9. The van der Waals surface area contributed by atoms with Gasteiger partial charge in [0, 0.05) is 17.6 Å². The van der Waals surface area contributed by atoms with Gasteiger partial charge in [0.1, 0.15) is 24.6 Å². The minimum atomic E-state index is -0.723. The third-order valence-electron chi connectivity index (χ3n) is 6.11. The lowest BCUT2D eigenvalue weighted by Gasteiger charge is -2.23. The van der Waals surface area contributed by atoms with E-state index >= 15 is 0 Å². The monoisotopic (exact) mass is 452 g/mol. The predicted octanol–water partition coefficient (Wildman–Crippen LogP) is 3.11. The summed E-state index contributed by atoms with van der Waals surface area (Å²) in [5.74, 6) is 6.32. The first-order valence-electron chi connectivity index (χ1n) is 10.9. The van der Waals surface area contributed by atoms with Crippen molar-refractivity contribution in [3.63, 3.8) is 0 Å². The van der Waals surface area contributed by atoms with Gasteiger partial charge < -0.3 is 19.5 Å². The van der Waals surface area contributed by atoms with E-state index in [1.165, 1.54) is 24.2 Å². The van der Waals surface area contributed by atoms with E-state index in [2.05, 4.69) is 37.1 Å². The molecule has 3 fully saturated rings. The zero-order valence-corrected chi connectivity index (χ0v) is 18.7. The molecule has 3 aromatic rings. The van der Waals surface area contributed by atoms with Gasteiger partial charge in [-0.2, -0.15) is 0 Å². The van der Waals surface area contributed by atoms with Gasteiger partial charge in [0.2, 0.25) is 0 Å². The van der Waals surface area contributed by atoms with Crippen LogP contribution in [0.5, 0.6) is 0 Å². The third-order valence-corrected chi connectivity index (χ3v) is 6.80. The molecule has 1 aliphatic carbocycles. The molecule has 1 N–H and O–H groups in total. The van der Waals surface area contributed by atoms with Gasteiger partial charge in [0.25, 0.3) is 0 Å². The Morgan fingerprint density at radius 1 is 1.12 bits per heavy atom. The molecule has 166 valence electrons. The van der Waals surface area contributed by atoms with Crippen molar-refractivity contribution in [2.24, 2.45) is 0 Å². The summed E-state index contributed by atoms with van der Waals surface area (Å²) in [4.78, 5) is 17.8. The molecular weight excluding hydrogens is 428 g/mol. The predicted molar refractivity (Wildman–Crippen MR) is 118 cm³/mol. The quantitative estimate of drug-likeness (QED) is 0.606. The van der Waals surface area contributed by atoms with Gasteiger partial charge >= 0.3 is 0 Å². The second-order valence-corrected chi connectivity index (χ2v) is 9.69. The Balaban J connectivity index is 1.33. The van der Waals surface area contributed by atoms with E-state index in [9.17, 15) is 0 Å². The van der Waals surface area contributed by atoms with Crippen LogP contribution in [-0.4, -0.2) is 54.6 Å². The van der Waals surface area contributed by atoms with E-state index < -0.39 is 18.1 Å². The number of thiazole rings is 1. The molecular formula is C22H24N6O3S. The van der Waals surface area contributed by atoms with Crippen LogP contribution in [0, 0.1) is 11.8 Å². The van der Waals surface area contributed by atoms with Gasteiger partial charge in [-0.05, 0) is 32.6 Å². The molecule has 3 aromatic heterocycles. The first kappa shape index (κ1) is 20.1. The summed E-state index contributed by atoms with van der Waals surface area (Å²) in [5, 5.41) is 6.19. The topological polar surface area (TPSA) is 96.2 Å². The second kappa shape index (κ2) is 7.78. The number of hydrogen-bond donors (Lipinski definition) is 1. The van der Waals surface area contributed by atoms with Crippen molar-refractivity contribution in [2.75, 3.05) is 5.32 Å². The molecule has 0 spiro atoms. The Morgan fingerprint density at radius 2 is 1.97 bits per heavy atom. The minimum absolute atomic E-state index is 0.321. The van der Waals surface area contributed by atoms with Crippen molar-refractivity contribution in [3.8, 4) is 11.8 Å². The largest absolute Gasteiger partial charge is 0.365 e. The maximum Gasteiger partial charge on any atom is 0.167 e. The number of nitrogens with one attached hydrogen (secondary N) is 1. The zero-order valence-electron chi connectivity index (χ0n) is 17.9. The lowest BCUT2D eigenvalue weighted by atomic mass is 10.1. The standard InChI is InChI=1S/C22H24N6O3S/c1-22(2)30-17-14(7-8-15-23-9-10-32-15)29-21(18(17)31-22)28-12-26-16-19(24-11-25-20(16)28)27-13-5-3-4-6-13/h9-14,17-18,21H,3-6H2,1-2H3,(H,24,25,27). The molecule has 4 unspecified atom stereocenters. The molecule has 2 saturated heterocycles. The summed E-state index contributed by atoms with van der Waals surface area (Å²) in [6.07, 6.45) is 8.28. The molecule has 0 aromatic carbocycles. The number of anilines is 1. The molecule has 10 heteroatoms. The molecule has 2 aliphatic heterocycles. The number of rotatable bonds is 3. The maximum absolute atomic E-state index is 6.34. The summed E-state index contributed by atoms with van der Waals surface area (Å²) < 4.78 is 20.6. The van der Waals surface area contributed by atoms with Gasteiger partial charge in [0.15, 0.2) is 34.0 Å². The summed E-state index contributed by atoms with van der Waals surface area (Å²) in [5.41, 5.74) is 1.43. The molecule has 4 atom stereocenters. The third kappa shape index (κ3) is 3.55. The van der Waals surface area contributed by atoms with Crippen LogP contribution < -0.4 is 5.32 Å². The molecule has 6 rings (SSSR count). The highest BCUT2D eigenvalue weighted by Gasteiger charge is 2.56. The number of aromatic nitrogens is 5. The Bertz CT molecular complexity index is 1180. The van der Waals surface area contributed by atoms with E-state index in [1.54, 1.807) is 18.9 Å². The average Bonchev–Trinajstić information content (AvgIpc) is 3.56. The Labute approximate surface area is 189 Å². The van der Waals surface area contributed by atoms with Crippen molar-refractivity contribution < 1.29 is 14.2 Å². The molecule has 1 saturated carbocycles. The highest BCUT2D eigenvalue weighted by molar-refractivity contribution is 7.10. The van der Waals surface area contributed by atoms with Crippen LogP contribution in [0.4, 0.5) is 5.82 Å². The number of nitrogens with zero attached hydrogens (tertiary/aromatic N) is 5. The first-order valence-corrected chi connectivity index (χ1v) is 11.8. The van der Waals surface area contributed by atoms with E-state index in [4.69, 9.17) is 14.2 Å². The molecule has 3 aliphatic rings. The zero-order chi connectivity index (χ0) is 21.7. The molecule has 32 heavy (non-hydrogen) atoms. The lowest BCUT2D eigenvalue weighted by molar-refractivity contribution is -0.190. The van der Waals surface area contributed by atoms with E-state index in [-0.39, 0.29) is 12.2 Å². The number of ether oxygens (including phenoxy) is 3. The summed E-state index contributed by atoms with van der Waals surface area (Å²) >= 11 is 1.49. The fourth-order valence-electron chi connectivity index (χ4n) is 4.74. The fraction of sp³-hybridized carbons (Fsp3) is 0.545. The van der Waals surface area contributed by atoms with Crippen molar-refractivity contribution in [1.29, 1.82) is 0 Å². The maximum atomic E-state index is 6.34. The molecule has 0 radical (unpaired) electrons. The fourth-order valence-corrected chi connectivity index (χ4v) is 5.23. The number of fused-ring (bicyclic) bond motifs is 2. The van der Waals surface area contributed by atoms with Crippen LogP contribution in [-0.2, 0) is 14.2 Å². The number of imidazole rings is 1. The van der Waals surface area contributed by atoms with Crippen molar-refractivity contribution >= 4 is 28.3 Å². The van der Waals surface area contributed by atoms with Crippen LogP contribution in [0.25, 0.3) is 11.2 Å². The van der Waals surface area contributed by atoms with Gasteiger partial charge in [0.05, 0.1) is 6.33 Å². The smallest absolute Gasteiger partial charge is 0.167 e. The van der Waals surface area contributed by atoms with Crippen molar-refractivity contribution in [3.05, 3.63) is 29.2 Å². The molecule has 0 amide bonds. The van der Waals surface area contributed by atoms with Crippen LogP contribution in [0.15, 0.2) is 24.2 Å². The first-order chi connectivity index (χ1) is 15.6. The van der Waals surface area contributed by atoms with Gasteiger partial charge in [-0.15, -0.1) is 11.3 Å². The Morgan fingerprint density at radius 3 is 2.78 bits per heavy atom. The summed E-state index contributed by atoms with van der Waals surface area (Å²) in [7, 11) is 0. The van der Waals surface area contributed by atoms with Crippen LogP contribution >= 0.6 is 11.3 Å². The van der Waals surface area contributed by atoms with Crippen molar-refractivity contribution in [2.45, 2.75) is 75.9 Å². The summed E-state index contributed by atoms with van der Waals surface area (Å²) in [6, 6.07) is 0.434. The molecule has 9 nitrogen and oxygen atoms in total. The van der Waals surface area contributed by atoms with E-state index in [0.29, 0.717) is 11.7 Å². The van der Waals surface area contributed by atoms with Gasteiger partial charge in [-0.3, -0.25) is 4.57 Å². The van der Waals surface area contributed by atoms with Gasteiger partial charge in [-0.1, -0.05) is 18.8 Å². The second-order valence-electron chi connectivity index (χ2n) is 8.79. The lowest BCUT2D eigenvalue weighted by Crippen LogP contribution is -2.28. The average molecular weight is 453 g/mol. The van der Waals surface area contributed by atoms with Crippen molar-refractivity contribution in [1.82, 2.24) is 24.5 Å². The van der Waals surface area contributed by atoms with E-state index in [0.717, 1.165) is 29.2 Å². The van der Waals surface area contributed by atoms with Crippen LogP contribution in [0.2, 0.25) is 0 Å². The SMILES string of the molecule is CC1(C)OC2C(C#Cc3nccs3)OC(n3cnc4c(NC5CCCC5)ncnc43)C2O1. The van der Waals surface area contributed by atoms with Crippen LogP contribution in [0.1, 0.15) is 50.8 Å². The van der Waals surface area contributed by atoms with Crippen LogP contribution in [0.3, 0.4) is 0 Å². The Hall–Kier alpha value is -2.58. The summed E-state index contributed by atoms with van der Waals surface area (Å²) in [6.45, 7) is 3.82. The Kier molecular flexibility index (Phi) is 4.87.